The number of nitrogens with zero attached hydrogens (tertiary/aromatic N) is 3. The van der Waals surface area contributed by atoms with Gasteiger partial charge >= 0.3 is 5.88 Å². The van der Waals surface area contributed by atoms with Gasteiger partial charge in [-0.3, -0.25) is 0 Å². The predicted octanol–water partition coefficient (Wildman–Crippen LogP) is 4.33. The van der Waals surface area contributed by atoms with E-state index in [4.69, 9.17) is 14.9 Å². The van der Waals surface area contributed by atoms with E-state index >= 15 is 0 Å². The molecular weight excluding hydrogens is 388 g/mol. The van der Waals surface area contributed by atoms with Gasteiger partial charge in [0.1, 0.15) is 17.1 Å². The topological polar surface area (TPSA) is 68.4 Å². The highest BCUT2D eigenvalue weighted by Crippen LogP contribution is 2.50. The number of nitrogens with two attached hydrogens (primary N) is 1. The molecule has 0 unspecified atom stereocenters. The van der Waals surface area contributed by atoms with Crippen LogP contribution in [0, 0.1) is 0 Å². The lowest BCUT2D eigenvalue weighted by molar-refractivity contribution is -0.685. The highest BCUT2D eigenvalue weighted by atomic mass is 16.5. The van der Waals surface area contributed by atoms with Crippen LogP contribution in [0.5, 0.6) is 11.6 Å². The van der Waals surface area contributed by atoms with Gasteiger partial charge in [0, 0.05) is 17.5 Å². The van der Waals surface area contributed by atoms with Crippen LogP contribution in [0.25, 0.3) is 10.8 Å². The third-order valence-electron chi connectivity index (χ3n) is 6.22. The van der Waals surface area contributed by atoms with E-state index in [-0.39, 0.29) is 5.92 Å². The molecule has 0 bridgehead atoms. The standard InChI is InChI=1S/C25H26N4O2/c1-3-28(4-2)13-14-29-16-27-25-22(24(29)26)21(20-10-7-15-30-20)19-12-11-17-8-5-6-9-18(17)23(19)31-25/h5-12,15-16,21,26H,3-4,13-14H2,1-2H3/p+1/t21-/m0/s1. The summed E-state index contributed by atoms with van der Waals surface area (Å²) in [6, 6.07) is 16.4. The maximum absolute atomic E-state index is 6.72. The number of benzene rings is 2. The Kier molecular flexibility index (Phi) is 5.08. The maximum atomic E-state index is 6.72. The fourth-order valence-corrected chi connectivity index (χ4v) is 4.44. The zero-order chi connectivity index (χ0) is 21.4. The minimum atomic E-state index is -0.174. The Labute approximate surface area is 181 Å². The normalized spacial score (nSPS) is 15.0. The molecule has 2 aromatic heterocycles. The van der Waals surface area contributed by atoms with Crippen molar-refractivity contribution < 1.29 is 13.7 Å². The van der Waals surface area contributed by atoms with E-state index < -0.39 is 0 Å². The van der Waals surface area contributed by atoms with Crippen molar-refractivity contribution in [2.24, 2.45) is 0 Å². The van der Waals surface area contributed by atoms with Crippen molar-refractivity contribution in [3.63, 3.8) is 0 Å². The number of ether oxygens (including phenoxy) is 1. The molecule has 6 nitrogen and oxygen atoms in total. The number of fused-ring (bicyclic) bond motifs is 4. The van der Waals surface area contributed by atoms with E-state index in [0.717, 1.165) is 59.6 Å². The molecule has 0 fully saturated rings. The number of likely N-dealkylation sites (N-methyl/N-ethyl adjacent to an activating group) is 1. The first-order valence-corrected chi connectivity index (χ1v) is 10.8. The Bertz CT molecular complexity index is 1220. The second-order valence-electron chi connectivity index (χ2n) is 7.82. The van der Waals surface area contributed by atoms with Crippen LogP contribution in [0.15, 0.2) is 65.5 Å². The van der Waals surface area contributed by atoms with Gasteiger partial charge in [-0.15, -0.1) is 0 Å². The minimum Gasteiger partial charge on any atom is -0.468 e. The van der Waals surface area contributed by atoms with Crippen LogP contribution in [-0.2, 0) is 6.54 Å². The largest absolute Gasteiger partial charge is 0.468 e. The molecule has 158 valence electrons. The summed E-state index contributed by atoms with van der Waals surface area (Å²) in [6.45, 7) is 8.04. The average molecular weight is 416 g/mol. The van der Waals surface area contributed by atoms with Crippen LogP contribution in [-0.4, -0.2) is 29.5 Å². The smallest absolute Gasteiger partial charge is 0.306 e. The second-order valence-corrected chi connectivity index (χ2v) is 7.82. The lowest BCUT2D eigenvalue weighted by Gasteiger charge is -2.26. The summed E-state index contributed by atoms with van der Waals surface area (Å²) in [5.41, 5.74) is 8.62. The van der Waals surface area contributed by atoms with Gasteiger partial charge in [0.05, 0.1) is 18.7 Å². The molecule has 1 aliphatic heterocycles. The third kappa shape index (κ3) is 3.33. The lowest BCUT2D eigenvalue weighted by atomic mass is 9.86. The highest BCUT2D eigenvalue weighted by Gasteiger charge is 2.38. The summed E-state index contributed by atoms with van der Waals surface area (Å²) < 4.78 is 14.3. The summed E-state index contributed by atoms with van der Waals surface area (Å²) in [4.78, 5) is 7.04. The maximum Gasteiger partial charge on any atom is 0.306 e. The summed E-state index contributed by atoms with van der Waals surface area (Å²) >= 11 is 0. The molecule has 0 spiro atoms. The van der Waals surface area contributed by atoms with E-state index in [1.54, 1.807) is 12.6 Å². The van der Waals surface area contributed by atoms with Crippen molar-refractivity contribution in [1.82, 2.24) is 9.88 Å². The summed E-state index contributed by atoms with van der Waals surface area (Å²) in [5, 5.41) is 2.18. The van der Waals surface area contributed by atoms with E-state index in [1.807, 2.05) is 28.8 Å². The highest BCUT2D eigenvalue weighted by molar-refractivity contribution is 5.91. The SMILES string of the molecule is CCN(CC)CC[n+]1cnc2c(c1N)[C@H](c1ccco1)c1ccc3ccccc3c1O2. The summed E-state index contributed by atoms with van der Waals surface area (Å²) in [6.07, 6.45) is 3.49. The zero-order valence-electron chi connectivity index (χ0n) is 17.9. The van der Waals surface area contributed by atoms with Crippen molar-refractivity contribution in [3.05, 3.63) is 78.0 Å². The van der Waals surface area contributed by atoms with Crippen molar-refractivity contribution >= 4 is 16.6 Å². The molecule has 2 aromatic carbocycles. The summed E-state index contributed by atoms with van der Waals surface area (Å²) in [5.74, 6) is 2.68. The average Bonchev–Trinajstić information content (AvgIpc) is 3.34. The van der Waals surface area contributed by atoms with E-state index in [2.05, 4.69) is 48.0 Å². The van der Waals surface area contributed by atoms with Crippen LogP contribution < -0.4 is 15.0 Å². The first-order valence-electron chi connectivity index (χ1n) is 10.8. The Balaban J connectivity index is 1.65. The number of hydrogen-bond acceptors (Lipinski definition) is 5. The monoisotopic (exact) mass is 415 g/mol. The van der Waals surface area contributed by atoms with E-state index in [0.29, 0.717) is 11.7 Å². The predicted molar refractivity (Wildman–Crippen MR) is 120 cm³/mol. The zero-order valence-corrected chi connectivity index (χ0v) is 17.9. The lowest BCUT2D eigenvalue weighted by Crippen LogP contribution is -2.44. The molecule has 0 saturated carbocycles. The quantitative estimate of drug-likeness (QED) is 0.418. The Morgan fingerprint density at radius 3 is 2.68 bits per heavy atom. The second kappa shape index (κ2) is 8.04. The molecule has 1 atom stereocenters. The van der Waals surface area contributed by atoms with Gasteiger partial charge in [-0.1, -0.05) is 55.2 Å². The fourth-order valence-electron chi connectivity index (χ4n) is 4.44. The number of nitrogen functional groups attached to an aromatic ring is 1. The van der Waals surface area contributed by atoms with Crippen molar-refractivity contribution in [3.8, 4) is 11.6 Å². The van der Waals surface area contributed by atoms with Crippen LogP contribution in [0.4, 0.5) is 5.82 Å². The van der Waals surface area contributed by atoms with E-state index in [9.17, 15) is 0 Å². The number of rotatable bonds is 6. The number of anilines is 1. The first kappa shape index (κ1) is 19.6. The van der Waals surface area contributed by atoms with Crippen LogP contribution in [0.3, 0.4) is 0 Å². The number of aromatic nitrogens is 2. The van der Waals surface area contributed by atoms with Gasteiger partial charge in [0.25, 0.3) is 0 Å². The van der Waals surface area contributed by atoms with Crippen LogP contribution in [0.2, 0.25) is 0 Å². The van der Waals surface area contributed by atoms with Gasteiger partial charge in [-0.25, -0.2) is 4.57 Å². The molecule has 0 aliphatic carbocycles. The first-order chi connectivity index (χ1) is 15.2. The fraction of sp³-hybridized carbons (Fsp3) is 0.280. The number of furan rings is 1. The minimum absolute atomic E-state index is 0.174. The molecule has 1 aliphatic rings. The van der Waals surface area contributed by atoms with Crippen LogP contribution in [0.1, 0.15) is 36.7 Å². The molecule has 0 radical (unpaired) electrons. The van der Waals surface area contributed by atoms with Crippen molar-refractivity contribution in [2.75, 3.05) is 25.4 Å². The van der Waals surface area contributed by atoms with Gasteiger partial charge < -0.3 is 19.8 Å². The van der Waals surface area contributed by atoms with Gasteiger partial charge in [-0.05, 0) is 30.6 Å². The molecule has 0 saturated heterocycles. The van der Waals surface area contributed by atoms with Crippen molar-refractivity contribution in [1.29, 1.82) is 0 Å². The molecule has 4 aromatic rings. The van der Waals surface area contributed by atoms with E-state index in [1.165, 1.54) is 0 Å². The number of hydrogen-bond donors (Lipinski definition) is 1. The summed E-state index contributed by atoms with van der Waals surface area (Å²) in [7, 11) is 0. The Morgan fingerprint density at radius 2 is 1.90 bits per heavy atom. The Hall–Kier alpha value is -3.38. The molecule has 31 heavy (non-hydrogen) atoms. The van der Waals surface area contributed by atoms with Crippen molar-refractivity contribution in [2.45, 2.75) is 26.3 Å². The van der Waals surface area contributed by atoms with Gasteiger partial charge in [-0.2, -0.15) is 0 Å². The molecule has 3 heterocycles. The molecule has 5 rings (SSSR count). The van der Waals surface area contributed by atoms with Gasteiger partial charge in [0.15, 0.2) is 0 Å². The Morgan fingerprint density at radius 1 is 1.06 bits per heavy atom. The van der Waals surface area contributed by atoms with Crippen LogP contribution >= 0.6 is 0 Å². The molecule has 6 heteroatoms. The molecule has 0 amide bonds. The third-order valence-corrected chi connectivity index (χ3v) is 6.22. The van der Waals surface area contributed by atoms with Gasteiger partial charge in [0.2, 0.25) is 12.1 Å². The molecule has 2 N–H and O–H groups in total. The molecular formula is C25H27N4O2+.